The van der Waals surface area contributed by atoms with Gasteiger partial charge in [0.15, 0.2) is 18.2 Å². The minimum Gasteiger partial charge on any atom is -0.481 e. The van der Waals surface area contributed by atoms with Crippen LogP contribution in [0, 0.1) is 5.82 Å². The number of carbonyl (C=O) groups excluding carboxylic acids is 1. The van der Waals surface area contributed by atoms with E-state index in [1.807, 2.05) is 18.2 Å². The van der Waals surface area contributed by atoms with Crippen LogP contribution >= 0.6 is 0 Å². The molecule has 110 valence electrons. The van der Waals surface area contributed by atoms with Crippen LogP contribution in [0.4, 0.5) is 10.1 Å². The summed E-state index contributed by atoms with van der Waals surface area (Å²) in [6.45, 7) is 0.336. The van der Waals surface area contributed by atoms with Crippen LogP contribution < -0.4 is 15.4 Å². The van der Waals surface area contributed by atoms with Crippen LogP contribution in [0.2, 0.25) is 0 Å². The van der Waals surface area contributed by atoms with Crippen LogP contribution in [0.3, 0.4) is 0 Å². The Morgan fingerprint density at radius 2 is 1.95 bits per heavy atom. The summed E-state index contributed by atoms with van der Waals surface area (Å²) in [6.07, 6.45) is 0. The number of ether oxygens (including phenoxy) is 1. The Balaban J connectivity index is 1.89. The van der Waals surface area contributed by atoms with E-state index in [0.29, 0.717) is 12.2 Å². The minimum absolute atomic E-state index is 0.0677. The van der Waals surface area contributed by atoms with Gasteiger partial charge in [-0.15, -0.1) is 0 Å². The molecule has 0 saturated heterocycles. The molecule has 0 aliphatic rings. The van der Waals surface area contributed by atoms with E-state index in [1.165, 1.54) is 12.1 Å². The molecule has 2 N–H and O–H groups in total. The first-order valence-corrected chi connectivity index (χ1v) is 6.60. The maximum absolute atomic E-state index is 13.8. The molecule has 0 unspecified atom stereocenters. The highest BCUT2D eigenvalue weighted by Crippen LogP contribution is 2.18. The lowest BCUT2D eigenvalue weighted by atomic mass is 10.2. The van der Waals surface area contributed by atoms with E-state index in [1.54, 1.807) is 25.2 Å². The number of hydrogen-bond acceptors (Lipinski definition) is 3. The standard InChI is InChI=1S/C16H17FN2O2/c1-18-10-12-7-8-15(14(17)9-12)21-11-16(20)19-13-5-3-2-4-6-13/h2-9,18H,10-11H2,1H3,(H,19,20). The molecule has 2 aromatic carbocycles. The second kappa shape index (κ2) is 7.40. The summed E-state index contributed by atoms with van der Waals surface area (Å²) in [4.78, 5) is 11.7. The minimum atomic E-state index is -0.477. The van der Waals surface area contributed by atoms with Crippen molar-refractivity contribution in [3.8, 4) is 5.75 Å². The summed E-state index contributed by atoms with van der Waals surface area (Å²) >= 11 is 0. The van der Waals surface area contributed by atoms with Crippen molar-refractivity contribution in [2.24, 2.45) is 0 Å². The molecule has 5 heteroatoms. The number of rotatable bonds is 6. The molecule has 0 saturated carbocycles. The summed E-state index contributed by atoms with van der Waals surface area (Å²) < 4.78 is 19.0. The first-order valence-electron chi connectivity index (χ1n) is 6.60. The predicted molar refractivity (Wildman–Crippen MR) is 79.7 cm³/mol. The van der Waals surface area contributed by atoms with Gasteiger partial charge in [0.2, 0.25) is 0 Å². The molecule has 0 bridgehead atoms. The monoisotopic (exact) mass is 288 g/mol. The summed E-state index contributed by atoms with van der Waals surface area (Å²) in [5.74, 6) is -0.742. The zero-order valence-electron chi connectivity index (χ0n) is 11.7. The van der Waals surface area contributed by atoms with Crippen LogP contribution in [0.5, 0.6) is 5.75 Å². The molecular formula is C16H17FN2O2. The third-order valence-corrected chi connectivity index (χ3v) is 2.79. The van der Waals surface area contributed by atoms with E-state index < -0.39 is 5.82 Å². The van der Waals surface area contributed by atoms with E-state index in [0.717, 1.165) is 5.56 Å². The molecule has 21 heavy (non-hydrogen) atoms. The van der Waals surface area contributed by atoms with Gasteiger partial charge in [0.1, 0.15) is 0 Å². The summed E-state index contributed by atoms with van der Waals surface area (Å²) in [5.41, 5.74) is 1.49. The number of para-hydroxylation sites is 1. The van der Waals surface area contributed by atoms with Crippen molar-refractivity contribution in [1.29, 1.82) is 0 Å². The number of halogens is 1. The fraction of sp³-hybridized carbons (Fsp3) is 0.188. The van der Waals surface area contributed by atoms with Crippen molar-refractivity contribution in [1.82, 2.24) is 5.32 Å². The van der Waals surface area contributed by atoms with Gasteiger partial charge in [-0.25, -0.2) is 4.39 Å². The Labute approximate surface area is 122 Å². The number of hydrogen-bond donors (Lipinski definition) is 2. The van der Waals surface area contributed by atoms with Crippen LogP contribution in [0.15, 0.2) is 48.5 Å². The lowest BCUT2D eigenvalue weighted by molar-refractivity contribution is -0.118. The Hall–Kier alpha value is -2.40. The molecule has 0 fully saturated rings. The van der Waals surface area contributed by atoms with Crippen molar-refractivity contribution in [3.05, 3.63) is 59.9 Å². The Morgan fingerprint density at radius 1 is 1.19 bits per heavy atom. The second-order valence-electron chi connectivity index (χ2n) is 4.50. The quantitative estimate of drug-likeness (QED) is 0.859. The van der Waals surface area contributed by atoms with Crippen molar-refractivity contribution in [3.63, 3.8) is 0 Å². The van der Waals surface area contributed by atoms with E-state index in [9.17, 15) is 9.18 Å². The third kappa shape index (κ3) is 4.57. The van der Waals surface area contributed by atoms with Gasteiger partial charge in [-0.1, -0.05) is 24.3 Å². The van der Waals surface area contributed by atoms with Crippen molar-refractivity contribution in [2.75, 3.05) is 19.0 Å². The smallest absolute Gasteiger partial charge is 0.262 e. The zero-order valence-corrected chi connectivity index (χ0v) is 11.7. The molecule has 0 aliphatic heterocycles. The molecule has 4 nitrogen and oxygen atoms in total. The zero-order chi connectivity index (χ0) is 15.1. The largest absolute Gasteiger partial charge is 0.481 e. The molecule has 1 amide bonds. The van der Waals surface area contributed by atoms with Gasteiger partial charge in [-0.2, -0.15) is 0 Å². The van der Waals surface area contributed by atoms with Gasteiger partial charge in [-0.3, -0.25) is 4.79 Å². The SMILES string of the molecule is CNCc1ccc(OCC(=O)Nc2ccccc2)c(F)c1. The second-order valence-corrected chi connectivity index (χ2v) is 4.50. The van der Waals surface area contributed by atoms with Crippen LogP contribution in [-0.4, -0.2) is 19.6 Å². The average molecular weight is 288 g/mol. The highest BCUT2D eigenvalue weighted by Gasteiger charge is 2.08. The lowest BCUT2D eigenvalue weighted by Gasteiger charge is -2.09. The Kier molecular flexibility index (Phi) is 5.29. The molecule has 0 radical (unpaired) electrons. The molecule has 0 aromatic heterocycles. The van der Waals surface area contributed by atoms with Crippen LogP contribution in [0.1, 0.15) is 5.56 Å². The third-order valence-electron chi connectivity index (χ3n) is 2.79. The molecule has 2 aromatic rings. The molecule has 0 aliphatic carbocycles. The number of amides is 1. The van der Waals surface area contributed by atoms with Gasteiger partial charge in [0.25, 0.3) is 5.91 Å². The molecule has 0 heterocycles. The van der Waals surface area contributed by atoms with Crippen molar-refractivity contribution < 1.29 is 13.9 Å². The van der Waals surface area contributed by atoms with Crippen molar-refractivity contribution in [2.45, 2.75) is 6.54 Å². The van der Waals surface area contributed by atoms with E-state index in [4.69, 9.17) is 4.74 Å². The first-order chi connectivity index (χ1) is 10.2. The molecule has 2 rings (SSSR count). The number of nitrogens with one attached hydrogen (secondary N) is 2. The lowest BCUT2D eigenvalue weighted by Crippen LogP contribution is -2.20. The van der Waals surface area contributed by atoms with Crippen LogP contribution in [0.25, 0.3) is 0 Å². The maximum Gasteiger partial charge on any atom is 0.262 e. The number of benzene rings is 2. The van der Waals surface area contributed by atoms with Gasteiger partial charge >= 0.3 is 0 Å². The maximum atomic E-state index is 13.8. The predicted octanol–water partition coefficient (Wildman–Crippen LogP) is 2.56. The van der Waals surface area contributed by atoms with E-state index >= 15 is 0 Å². The first kappa shape index (κ1) is 15.0. The fourth-order valence-corrected chi connectivity index (χ4v) is 1.84. The van der Waals surface area contributed by atoms with Gasteiger partial charge in [-0.05, 0) is 36.9 Å². The van der Waals surface area contributed by atoms with Gasteiger partial charge in [0.05, 0.1) is 0 Å². The Bertz CT molecular complexity index is 602. The fourth-order valence-electron chi connectivity index (χ4n) is 1.84. The average Bonchev–Trinajstić information content (AvgIpc) is 2.48. The van der Waals surface area contributed by atoms with Crippen molar-refractivity contribution >= 4 is 11.6 Å². The molecular weight excluding hydrogens is 271 g/mol. The summed E-state index contributed by atoms with van der Waals surface area (Å²) in [5, 5.41) is 5.60. The van der Waals surface area contributed by atoms with Gasteiger partial charge in [0, 0.05) is 12.2 Å². The van der Waals surface area contributed by atoms with Crippen LogP contribution in [-0.2, 0) is 11.3 Å². The molecule has 0 spiro atoms. The Morgan fingerprint density at radius 3 is 2.62 bits per heavy atom. The highest BCUT2D eigenvalue weighted by molar-refractivity contribution is 5.91. The molecule has 0 atom stereocenters. The number of anilines is 1. The number of carbonyl (C=O) groups is 1. The topological polar surface area (TPSA) is 50.4 Å². The van der Waals surface area contributed by atoms with Gasteiger partial charge < -0.3 is 15.4 Å². The summed E-state index contributed by atoms with van der Waals surface area (Å²) in [7, 11) is 1.79. The van der Waals surface area contributed by atoms with E-state index in [-0.39, 0.29) is 18.3 Å². The highest BCUT2D eigenvalue weighted by atomic mass is 19.1. The van der Waals surface area contributed by atoms with E-state index in [2.05, 4.69) is 10.6 Å². The summed E-state index contributed by atoms with van der Waals surface area (Å²) in [6, 6.07) is 13.7. The normalized spacial score (nSPS) is 10.2.